The molecule has 1 unspecified atom stereocenters. The van der Waals surface area contributed by atoms with Crippen LogP contribution in [-0.2, 0) is 6.54 Å². The summed E-state index contributed by atoms with van der Waals surface area (Å²) in [6.45, 7) is 2.32. The summed E-state index contributed by atoms with van der Waals surface area (Å²) in [6, 6.07) is 7.34. The number of hydrogen-bond acceptors (Lipinski definition) is 5. The summed E-state index contributed by atoms with van der Waals surface area (Å²) in [5.41, 5.74) is 2.85. The van der Waals surface area contributed by atoms with E-state index in [-0.39, 0.29) is 5.92 Å². The van der Waals surface area contributed by atoms with Gasteiger partial charge >= 0.3 is 0 Å². The molecular formula is C24H27F2N3O3. The highest BCUT2D eigenvalue weighted by Gasteiger charge is 2.27. The van der Waals surface area contributed by atoms with Crippen molar-refractivity contribution >= 4 is 0 Å². The van der Waals surface area contributed by atoms with E-state index in [2.05, 4.69) is 15.1 Å². The van der Waals surface area contributed by atoms with Crippen LogP contribution in [0.4, 0.5) is 8.78 Å². The zero-order chi connectivity index (χ0) is 22.7. The van der Waals surface area contributed by atoms with Crippen LogP contribution in [0.25, 0.3) is 11.1 Å². The predicted molar refractivity (Wildman–Crippen MR) is 117 cm³/mol. The Kier molecular flexibility index (Phi) is 6.60. The number of nitrogens with zero attached hydrogens (tertiary/aromatic N) is 2. The van der Waals surface area contributed by atoms with Crippen molar-refractivity contribution in [2.45, 2.75) is 25.3 Å². The van der Waals surface area contributed by atoms with Crippen molar-refractivity contribution in [2.75, 3.05) is 34.4 Å². The van der Waals surface area contributed by atoms with Gasteiger partial charge in [0.2, 0.25) is 0 Å². The first kappa shape index (κ1) is 22.1. The fraction of sp³-hybridized carbons (Fsp3) is 0.375. The highest BCUT2D eigenvalue weighted by Crippen LogP contribution is 2.38. The van der Waals surface area contributed by atoms with Gasteiger partial charge in [0.15, 0.2) is 0 Å². The molecule has 2 heterocycles. The molecule has 1 aliphatic heterocycles. The van der Waals surface area contributed by atoms with Crippen molar-refractivity contribution in [3.8, 4) is 28.4 Å². The van der Waals surface area contributed by atoms with Crippen molar-refractivity contribution in [3.63, 3.8) is 0 Å². The Morgan fingerprint density at radius 1 is 1.03 bits per heavy atom. The first-order valence-electron chi connectivity index (χ1n) is 10.5. The SMILES string of the molecule is COc1cc(OC)c(CN2CCCC(c3[nH]ncc3-c3ccc(F)cc3F)C2)c(OC)c1. The molecule has 0 radical (unpaired) electrons. The number of rotatable bonds is 7. The number of halogens is 2. The van der Waals surface area contributed by atoms with Crippen LogP contribution in [0.1, 0.15) is 30.0 Å². The Morgan fingerprint density at radius 3 is 2.44 bits per heavy atom. The van der Waals surface area contributed by atoms with Crippen molar-refractivity contribution in [2.24, 2.45) is 0 Å². The molecule has 6 nitrogen and oxygen atoms in total. The van der Waals surface area contributed by atoms with Crippen LogP contribution >= 0.6 is 0 Å². The number of piperidine rings is 1. The van der Waals surface area contributed by atoms with Crippen molar-refractivity contribution in [1.82, 2.24) is 15.1 Å². The van der Waals surface area contributed by atoms with E-state index in [4.69, 9.17) is 14.2 Å². The molecule has 1 aromatic heterocycles. The van der Waals surface area contributed by atoms with Gasteiger partial charge < -0.3 is 14.2 Å². The molecule has 0 amide bonds. The Balaban J connectivity index is 1.58. The molecule has 4 rings (SSSR count). The minimum atomic E-state index is -0.595. The third-order valence-corrected chi connectivity index (χ3v) is 6.00. The lowest BCUT2D eigenvalue weighted by Gasteiger charge is -2.33. The maximum absolute atomic E-state index is 14.4. The van der Waals surface area contributed by atoms with Gasteiger partial charge in [0.25, 0.3) is 0 Å². The van der Waals surface area contributed by atoms with E-state index in [9.17, 15) is 8.78 Å². The summed E-state index contributed by atoms with van der Waals surface area (Å²) in [4.78, 5) is 2.33. The van der Waals surface area contributed by atoms with Crippen LogP contribution in [0, 0.1) is 11.6 Å². The summed E-state index contributed by atoms with van der Waals surface area (Å²) in [7, 11) is 4.87. The van der Waals surface area contributed by atoms with Crippen molar-refractivity contribution < 1.29 is 23.0 Å². The van der Waals surface area contributed by atoms with Gasteiger partial charge in [-0.05, 0) is 31.5 Å². The number of H-pyrrole nitrogens is 1. The quantitative estimate of drug-likeness (QED) is 0.571. The molecule has 0 saturated carbocycles. The van der Waals surface area contributed by atoms with E-state index in [0.29, 0.717) is 34.9 Å². The lowest BCUT2D eigenvalue weighted by atomic mass is 9.90. The number of nitrogens with one attached hydrogen (secondary N) is 1. The van der Waals surface area contributed by atoms with Gasteiger partial charge in [-0.3, -0.25) is 10.00 Å². The minimum Gasteiger partial charge on any atom is -0.496 e. The lowest BCUT2D eigenvalue weighted by Crippen LogP contribution is -2.34. The molecule has 2 aromatic carbocycles. The zero-order valence-electron chi connectivity index (χ0n) is 18.5. The second kappa shape index (κ2) is 9.56. The van der Waals surface area contributed by atoms with Gasteiger partial charge in [-0.25, -0.2) is 8.78 Å². The fourth-order valence-electron chi connectivity index (χ4n) is 4.42. The molecule has 0 bridgehead atoms. The Labute approximate surface area is 186 Å². The molecule has 1 atom stereocenters. The maximum Gasteiger partial charge on any atom is 0.134 e. The van der Waals surface area contributed by atoms with Crippen molar-refractivity contribution in [1.29, 1.82) is 0 Å². The highest BCUT2D eigenvalue weighted by molar-refractivity contribution is 5.66. The van der Waals surface area contributed by atoms with E-state index >= 15 is 0 Å². The number of hydrogen-bond donors (Lipinski definition) is 1. The van der Waals surface area contributed by atoms with E-state index in [1.165, 1.54) is 12.1 Å². The summed E-state index contributed by atoms with van der Waals surface area (Å²) in [6.07, 6.45) is 3.54. The second-order valence-corrected chi connectivity index (χ2v) is 7.91. The topological polar surface area (TPSA) is 59.6 Å². The third-order valence-electron chi connectivity index (χ3n) is 6.00. The molecule has 0 aliphatic carbocycles. The van der Waals surface area contributed by atoms with E-state index in [0.717, 1.165) is 43.3 Å². The number of ether oxygens (including phenoxy) is 3. The summed E-state index contributed by atoms with van der Waals surface area (Å²) in [5.74, 6) is 1.04. The van der Waals surface area contributed by atoms with E-state index in [1.54, 1.807) is 27.5 Å². The Bertz CT molecular complexity index is 1060. The van der Waals surface area contributed by atoms with Crippen LogP contribution in [0.3, 0.4) is 0 Å². The van der Waals surface area contributed by atoms with Crippen LogP contribution in [-0.4, -0.2) is 49.5 Å². The maximum atomic E-state index is 14.4. The normalized spacial score (nSPS) is 16.7. The van der Waals surface area contributed by atoms with E-state index < -0.39 is 11.6 Å². The van der Waals surface area contributed by atoms with Crippen molar-refractivity contribution in [3.05, 3.63) is 59.4 Å². The van der Waals surface area contributed by atoms with Gasteiger partial charge in [0.05, 0.1) is 33.1 Å². The van der Waals surface area contributed by atoms with Gasteiger partial charge in [-0.2, -0.15) is 5.10 Å². The smallest absolute Gasteiger partial charge is 0.134 e. The number of aromatic amines is 1. The first-order chi connectivity index (χ1) is 15.5. The van der Waals surface area contributed by atoms with Crippen LogP contribution in [0.2, 0.25) is 0 Å². The Hall–Kier alpha value is -3.13. The molecular weight excluding hydrogens is 416 g/mol. The van der Waals surface area contributed by atoms with Gasteiger partial charge in [-0.15, -0.1) is 0 Å². The summed E-state index contributed by atoms with van der Waals surface area (Å²) in [5, 5.41) is 7.22. The van der Waals surface area contributed by atoms with Gasteiger partial charge in [0, 0.05) is 54.0 Å². The van der Waals surface area contributed by atoms with E-state index in [1.807, 2.05) is 12.1 Å². The third kappa shape index (κ3) is 4.41. The second-order valence-electron chi connectivity index (χ2n) is 7.91. The number of methoxy groups -OCH3 is 3. The van der Waals surface area contributed by atoms with Crippen LogP contribution < -0.4 is 14.2 Å². The first-order valence-corrected chi connectivity index (χ1v) is 10.5. The molecule has 1 saturated heterocycles. The molecule has 8 heteroatoms. The summed E-state index contributed by atoms with van der Waals surface area (Å²) < 4.78 is 44.3. The standard InChI is InChI=1S/C24H27F2N3O3/c1-30-17-10-22(31-2)20(23(11-17)32-3)14-29-8-4-5-15(13-29)24-19(12-27-28-24)18-7-6-16(25)9-21(18)26/h6-7,9-12,15H,4-5,8,13-14H2,1-3H3,(H,27,28). The summed E-state index contributed by atoms with van der Waals surface area (Å²) >= 11 is 0. The zero-order valence-corrected chi connectivity index (χ0v) is 18.5. The molecule has 1 N–H and O–H groups in total. The predicted octanol–water partition coefficient (Wildman–Crippen LogP) is 4.76. The molecule has 1 fully saturated rings. The van der Waals surface area contributed by atoms with Crippen LogP contribution in [0.15, 0.2) is 36.5 Å². The number of benzene rings is 2. The minimum absolute atomic E-state index is 0.140. The Morgan fingerprint density at radius 2 is 1.78 bits per heavy atom. The molecule has 170 valence electrons. The number of likely N-dealkylation sites (tertiary alicyclic amines) is 1. The molecule has 3 aromatic rings. The van der Waals surface area contributed by atoms with Crippen LogP contribution in [0.5, 0.6) is 17.2 Å². The average Bonchev–Trinajstić information content (AvgIpc) is 3.29. The van der Waals surface area contributed by atoms with Gasteiger partial charge in [0.1, 0.15) is 28.9 Å². The lowest BCUT2D eigenvalue weighted by molar-refractivity contribution is 0.194. The monoisotopic (exact) mass is 443 g/mol. The average molecular weight is 443 g/mol. The number of aromatic nitrogens is 2. The molecule has 0 spiro atoms. The largest absolute Gasteiger partial charge is 0.496 e. The highest BCUT2D eigenvalue weighted by atomic mass is 19.1. The fourth-order valence-corrected chi connectivity index (χ4v) is 4.42. The molecule has 1 aliphatic rings. The van der Waals surface area contributed by atoms with Gasteiger partial charge in [-0.1, -0.05) is 0 Å². The molecule has 32 heavy (non-hydrogen) atoms.